The van der Waals surface area contributed by atoms with Crippen LogP contribution in [-0.2, 0) is 17.8 Å². The number of fused-ring (bicyclic) bond motifs is 1. The van der Waals surface area contributed by atoms with Gasteiger partial charge in [-0.25, -0.2) is 0 Å². The summed E-state index contributed by atoms with van der Waals surface area (Å²) in [5.41, 5.74) is 7.54. The summed E-state index contributed by atoms with van der Waals surface area (Å²) in [6.07, 6.45) is 1.37. The predicted molar refractivity (Wildman–Crippen MR) is 61.2 cm³/mol. The van der Waals surface area contributed by atoms with Crippen LogP contribution in [0.4, 0.5) is 0 Å². The van der Waals surface area contributed by atoms with Gasteiger partial charge in [0.25, 0.3) is 0 Å². The van der Waals surface area contributed by atoms with Crippen molar-refractivity contribution in [2.24, 2.45) is 5.73 Å². The molecule has 1 aromatic rings. The molecule has 1 heterocycles. The fourth-order valence-electron chi connectivity index (χ4n) is 1.79. The molecular formula is C12H16N2O2. The molecule has 0 fully saturated rings. The van der Waals surface area contributed by atoms with Crippen molar-refractivity contribution in [1.29, 1.82) is 0 Å². The van der Waals surface area contributed by atoms with Crippen molar-refractivity contribution in [2.45, 2.75) is 19.4 Å². The summed E-state index contributed by atoms with van der Waals surface area (Å²) >= 11 is 0. The van der Waals surface area contributed by atoms with Crippen LogP contribution in [0, 0.1) is 0 Å². The number of nitrogens with one attached hydrogen (secondary N) is 1. The van der Waals surface area contributed by atoms with E-state index in [2.05, 4.69) is 11.4 Å². The van der Waals surface area contributed by atoms with E-state index in [0.717, 1.165) is 25.3 Å². The monoisotopic (exact) mass is 220 g/mol. The van der Waals surface area contributed by atoms with Crippen LogP contribution in [0.15, 0.2) is 18.2 Å². The highest BCUT2D eigenvalue weighted by atomic mass is 16.5. The molecule has 0 spiro atoms. The topological polar surface area (TPSA) is 64.4 Å². The van der Waals surface area contributed by atoms with Crippen LogP contribution in [0.5, 0.6) is 5.75 Å². The van der Waals surface area contributed by atoms with Crippen molar-refractivity contribution in [3.05, 3.63) is 29.3 Å². The highest BCUT2D eigenvalue weighted by Gasteiger charge is 2.11. The molecule has 0 unspecified atom stereocenters. The zero-order valence-corrected chi connectivity index (χ0v) is 9.16. The van der Waals surface area contributed by atoms with Gasteiger partial charge in [0.05, 0.1) is 6.61 Å². The normalized spacial score (nSPS) is 13.2. The summed E-state index contributed by atoms with van der Waals surface area (Å²) in [7, 11) is 0. The van der Waals surface area contributed by atoms with Crippen molar-refractivity contribution in [3.63, 3.8) is 0 Å². The van der Waals surface area contributed by atoms with Crippen LogP contribution in [0.3, 0.4) is 0 Å². The number of hydrogen-bond acceptors (Lipinski definition) is 3. The fourth-order valence-corrected chi connectivity index (χ4v) is 1.79. The summed E-state index contributed by atoms with van der Waals surface area (Å²) < 4.78 is 5.43. The average molecular weight is 220 g/mol. The van der Waals surface area contributed by atoms with E-state index in [1.165, 1.54) is 11.1 Å². The number of primary amides is 1. The Hall–Kier alpha value is -1.55. The maximum atomic E-state index is 10.5. The number of hydrogen-bond donors (Lipinski definition) is 2. The second-order valence-electron chi connectivity index (χ2n) is 3.93. The van der Waals surface area contributed by atoms with Gasteiger partial charge in [-0.05, 0) is 17.2 Å². The van der Waals surface area contributed by atoms with Gasteiger partial charge < -0.3 is 15.8 Å². The zero-order valence-electron chi connectivity index (χ0n) is 9.16. The smallest absolute Gasteiger partial charge is 0.218 e. The highest BCUT2D eigenvalue weighted by molar-refractivity contribution is 5.73. The Labute approximate surface area is 94.8 Å². The van der Waals surface area contributed by atoms with Crippen LogP contribution >= 0.6 is 0 Å². The van der Waals surface area contributed by atoms with E-state index < -0.39 is 0 Å². The molecule has 1 aliphatic rings. The molecule has 4 nitrogen and oxygen atoms in total. The minimum Gasteiger partial charge on any atom is -0.493 e. The molecule has 1 amide bonds. The first-order valence-corrected chi connectivity index (χ1v) is 5.49. The molecule has 0 atom stereocenters. The second kappa shape index (κ2) is 4.99. The Morgan fingerprint density at radius 3 is 3.19 bits per heavy atom. The summed E-state index contributed by atoms with van der Waals surface area (Å²) in [6, 6.07) is 6.20. The third kappa shape index (κ3) is 2.73. The van der Waals surface area contributed by atoms with E-state index in [-0.39, 0.29) is 5.91 Å². The molecule has 0 saturated heterocycles. The first-order valence-electron chi connectivity index (χ1n) is 5.49. The minimum absolute atomic E-state index is 0.269. The molecule has 16 heavy (non-hydrogen) atoms. The van der Waals surface area contributed by atoms with Crippen molar-refractivity contribution in [3.8, 4) is 5.75 Å². The number of rotatable bonds is 5. The lowest BCUT2D eigenvalue weighted by atomic mass is 10.1. The molecule has 1 aromatic carbocycles. The summed E-state index contributed by atoms with van der Waals surface area (Å²) in [6.45, 7) is 2.18. The van der Waals surface area contributed by atoms with Crippen LogP contribution in [0.25, 0.3) is 0 Å². The third-order valence-electron chi connectivity index (χ3n) is 2.63. The Balaban J connectivity index is 1.83. The quantitative estimate of drug-likeness (QED) is 0.714. The van der Waals surface area contributed by atoms with Gasteiger partial charge in [-0.1, -0.05) is 12.1 Å². The zero-order chi connectivity index (χ0) is 11.4. The largest absolute Gasteiger partial charge is 0.493 e. The number of amides is 1. The number of benzene rings is 1. The SMILES string of the molecule is NC(=O)CCNCc1ccc2c(c1)CCO2. The van der Waals surface area contributed by atoms with Crippen molar-refractivity contribution >= 4 is 5.91 Å². The lowest BCUT2D eigenvalue weighted by molar-refractivity contribution is -0.117. The van der Waals surface area contributed by atoms with E-state index in [9.17, 15) is 4.79 Å². The van der Waals surface area contributed by atoms with Gasteiger partial charge in [-0.2, -0.15) is 0 Å². The van der Waals surface area contributed by atoms with Gasteiger partial charge in [-0.15, -0.1) is 0 Å². The molecule has 2 rings (SSSR count). The number of ether oxygens (including phenoxy) is 1. The molecule has 0 radical (unpaired) electrons. The lowest BCUT2D eigenvalue weighted by Crippen LogP contribution is -2.21. The van der Waals surface area contributed by atoms with Gasteiger partial charge in [0.1, 0.15) is 5.75 Å². The fraction of sp³-hybridized carbons (Fsp3) is 0.417. The van der Waals surface area contributed by atoms with Crippen LogP contribution in [-0.4, -0.2) is 19.1 Å². The molecule has 4 heteroatoms. The molecule has 1 aliphatic heterocycles. The van der Waals surface area contributed by atoms with Gasteiger partial charge in [0, 0.05) is 25.9 Å². The predicted octanol–water partition coefficient (Wildman–Crippen LogP) is 0.586. The molecule has 0 aliphatic carbocycles. The summed E-state index contributed by atoms with van der Waals surface area (Å²) in [5.74, 6) is 0.732. The number of carbonyl (C=O) groups is 1. The Kier molecular flexibility index (Phi) is 3.41. The second-order valence-corrected chi connectivity index (χ2v) is 3.93. The molecule has 0 bridgehead atoms. The van der Waals surface area contributed by atoms with Crippen molar-refractivity contribution < 1.29 is 9.53 Å². The molecule has 3 N–H and O–H groups in total. The molecule has 86 valence electrons. The van der Waals surface area contributed by atoms with E-state index in [4.69, 9.17) is 10.5 Å². The minimum atomic E-state index is -0.269. The molecule has 0 saturated carbocycles. The Morgan fingerprint density at radius 2 is 2.38 bits per heavy atom. The number of nitrogens with two attached hydrogens (primary N) is 1. The van der Waals surface area contributed by atoms with Crippen molar-refractivity contribution in [2.75, 3.05) is 13.2 Å². The third-order valence-corrected chi connectivity index (χ3v) is 2.63. The average Bonchev–Trinajstić information content (AvgIpc) is 2.71. The van der Waals surface area contributed by atoms with Crippen molar-refractivity contribution in [1.82, 2.24) is 5.32 Å². The Morgan fingerprint density at radius 1 is 1.50 bits per heavy atom. The van der Waals surface area contributed by atoms with E-state index in [1.807, 2.05) is 12.1 Å². The first kappa shape index (κ1) is 11.0. The van der Waals surface area contributed by atoms with E-state index >= 15 is 0 Å². The highest BCUT2D eigenvalue weighted by Crippen LogP contribution is 2.25. The Bertz CT molecular complexity index is 391. The van der Waals surface area contributed by atoms with E-state index in [1.54, 1.807) is 0 Å². The maximum absolute atomic E-state index is 10.5. The summed E-state index contributed by atoms with van der Waals surface area (Å²) in [5, 5.41) is 3.18. The van der Waals surface area contributed by atoms with E-state index in [0.29, 0.717) is 13.0 Å². The maximum Gasteiger partial charge on any atom is 0.218 e. The first-order chi connectivity index (χ1) is 7.75. The standard InChI is InChI=1S/C12H16N2O2/c13-12(15)3-5-14-8-9-1-2-11-10(7-9)4-6-16-11/h1-2,7,14H,3-6,8H2,(H2,13,15). The molecule has 0 aromatic heterocycles. The van der Waals surface area contributed by atoms with Crippen LogP contribution in [0.2, 0.25) is 0 Å². The molecular weight excluding hydrogens is 204 g/mol. The van der Waals surface area contributed by atoms with Gasteiger partial charge >= 0.3 is 0 Å². The number of carbonyl (C=O) groups excluding carboxylic acids is 1. The van der Waals surface area contributed by atoms with Crippen LogP contribution in [0.1, 0.15) is 17.5 Å². The van der Waals surface area contributed by atoms with Gasteiger partial charge in [0.2, 0.25) is 5.91 Å². The lowest BCUT2D eigenvalue weighted by Gasteiger charge is -2.05. The van der Waals surface area contributed by atoms with Gasteiger partial charge in [-0.3, -0.25) is 4.79 Å². The summed E-state index contributed by atoms with van der Waals surface area (Å²) in [4.78, 5) is 10.5. The van der Waals surface area contributed by atoms with Gasteiger partial charge in [0.15, 0.2) is 0 Å². The van der Waals surface area contributed by atoms with Crippen LogP contribution < -0.4 is 15.8 Å².